The van der Waals surface area contributed by atoms with E-state index in [1.165, 1.54) is 32.1 Å². The Kier molecular flexibility index (Phi) is 7.12. The van der Waals surface area contributed by atoms with E-state index in [0.717, 1.165) is 17.5 Å². The van der Waals surface area contributed by atoms with Gasteiger partial charge in [-0.1, -0.05) is 54.2 Å². The van der Waals surface area contributed by atoms with Gasteiger partial charge in [-0.05, 0) is 38.0 Å². The van der Waals surface area contributed by atoms with E-state index in [9.17, 15) is 4.79 Å². The van der Waals surface area contributed by atoms with Crippen LogP contribution in [0.1, 0.15) is 45.4 Å². The number of rotatable bonds is 5. The van der Waals surface area contributed by atoms with Gasteiger partial charge in [-0.2, -0.15) is 0 Å². The molecule has 0 radical (unpaired) electrons. The molecular formula is C19H25Cl2N3OS. The Bertz CT molecular complexity index is 656. The van der Waals surface area contributed by atoms with Gasteiger partial charge in [0.2, 0.25) is 5.91 Å². The summed E-state index contributed by atoms with van der Waals surface area (Å²) in [7, 11) is 0. The molecule has 3 rings (SSSR count). The first-order valence-corrected chi connectivity index (χ1v) is 11.0. The number of hydrogen-bond donors (Lipinski definition) is 1. The number of carbonyl (C=O) groups is 1. The fraction of sp³-hybridized carbons (Fsp3) is 0.579. The summed E-state index contributed by atoms with van der Waals surface area (Å²) in [6.45, 7) is 3.00. The molecule has 1 aliphatic carbocycles. The minimum absolute atomic E-state index is 0.0219. The van der Waals surface area contributed by atoms with E-state index in [0.29, 0.717) is 28.2 Å². The lowest BCUT2D eigenvalue weighted by molar-refractivity contribution is -0.116. The van der Waals surface area contributed by atoms with Gasteiger partial charge in [-0.3, -0.25) is 9.79 Å². The summed E-state index contributed by atoms with van der Waals surface area (Å²) in [5, 5.41) is 5.05. The highest BCUT2D eigenvalue weighted by Gasteiger charge is 2.31. The molecule has 1 aromatic rings. The Morgan fingerprint density at radius 3 is 2.58 bits per heavy atom. The molecule has 1 aromatic carbocycles. The zero-order valence-corrected chi connectivity index (χ0v) is 17.3. The quantitative estimate of drug-likeness (QED) is 0.697. The summed E-state index contributed by atoms with van der Waals surface area (Å²) in [6.07, 6.45) is 6.74. The third-order valence-electron chi connectivity index (χ3n) is 4.87. The van der Waals surface area contributed by atoms with Gasteiger partial charge in [0.15, 0.2) is 5.17 Å². The molecule has 4 nitrogen and oxygen atoms in total. The van der Waals surface area contributed by atoms with Crippen molar-refractivity contribution in [2.24, 2.45) is 4.99 Å². The SMILES string of the molecule is CCN1C(=NC2CCCCC2)SCC1CC(=O)Nc1cc(Cl)cc(Cl)c1. The molecule has 1 N–H and O–H groups in total. The Hall–Kier alpha value is -0.910. The van der Waals surface area contributed by atoms with E-state index in [1.54, 1.807) is 30.0 Å². The van der Waals surface area contributed by atoms with Crippen molar-refractivity contribution in [2.75, 3.05) is 17.6 Å². The molecule has 1 atom stereocenters. The molecule has 1 amide bonds. The molecule has 1 heterocycles. The summed E-state index contributed by atoms with van der Waals surface area (Å²) in [5.41, 5.74) is 0.636. The Balaban J connectivity index is 1.60. The maximum absolute atomic E-state index is 12.5. The van der Waals surface area contributed by atoms with Crippen LogP contribution < -0.4 is 5.32 Å². The molecule has 1 saturated carbocycles. The first kappa shape index (κ1) is 19.8. The van der Waals surface area contributed by atoms with Gasteiger partial charge in [0, 0.05) is 40.5 Å². The van der Waals surface area contributed by atoms with Crippen molar-refractivity contribution in [3.05, 3.63) is 28.2 Å². The molecule has 2 aliphatic rings. The number of nitrogens with one attached hydrogen (secondary N) is 1. The van der Waals surface area contributed by atoms with Gasteiger partial charge in [0.1, 0.15) is 0 Å². The molecule has 1 unspecified atom stereocenters. The minimum atomic E-state index is -0.0219. The topological polar surface area (TPSA) is 44.7 Å². The average Bonchev–Trinajstić information content (AvgIpc) is 2.96. The number of thioether (sulfide) groups is 1. The second kappa shape index (κ2) is 9.34. The number of amidine groups is 1. The third kappa shape index (κ3) is 5.30. The second-order valence-corrected chi connectivity index (χ2v) is 8.72. The lowest BCUT2D eigenvalue weighted by atomic mass is 9.96. The Morgan fingerprint density at radius 2 is 1.92 bits per heavy atom. The summed E-state index contributed by atoms with van der Waals surface area (Å²) >= 11 is 13.8. The Morgan fingerprint density at radius 1 is 1.23 bits per heavy atom. The van der Waals surface area contributed by atoms with E-state index in [4.69, 9.17) is 28.2 Å². The van der Waals surface area contributed by atoms with Crippen LogP contribution in [0.2, 0.25) is 10.0 Å². The zero-order valence-electron chi connectivity index (χ0n) is 15.0. The number of benzene rings is 1. The molecular weight excluding hydrogens is 389 g/mol. The maximum atomic E-state index is 12.5. The van der Waals surface area contributed by atoms with Crippen LogP contribution >= 0.6 is 35.0 Å². The molecule has 2 fully saturated rings. The molecule has 7 heteroatoms. The summed E-state index contributed by atoms with van der Waals surface area (Å²) < 4.78 is 0. The van der Waals surface area contributed by atoms with Gasteiger partial charge in [0.25, 0.3) is 0 Å². The van der Waals surface area contributed by atoms with Crippen molar-refractivity contribution < 1.29 is 4.79 Å². The van der Waals surface area contributed by atoms with Crippen molar-refractivity contribution in [1.29, 1.82) is 0 Å². The van der Waals surface area contributed by atoms with Crippen LogP contribution in [0, 0.1) is 0 Å². The van der Waals surface area contributed by atoms with Crippen molar-refractivity contribution in [2.45, 2.75) is 57.5 Å². The van der Waals surface area contributed by atoms with E-state index in [-0.39, 0.29) is 11.9 Å². The zero-order chi connectivity index (χ0) is 18.5. The van der Waals surface area contributed by atoms with Gasteiger partial charge in [-0.15, -0.1) is 0 Å². The first-order valence-electron chi connectivity index (χ1n) is 9.28. The highest BCUT2D eigenvalue weighted by molar-refractivity contribution is 8.14. The summed E-state index contributed by atoms with van der Waals surface area (Å²) in [4.78, 5) is 19.7. The van der Waals surface area contributed by atoms with E-state index in [1.807, 2.05) is 0 Å². The minimum Gasteiger partial charge on any atom is -0.347 e. The number of carbonyl (C=O) groups excluding carboxylic acids is 1. The fourth-order valence-electron chi connectivity index (χ4n) is 3.59. The summed E-state index contributed by atoms with van der Waals surface area (Å²) in [5.74, 6) is 0.884. The summed E-state index contributed by atoms with van der Waals surface area (Å²) in [6, 6.07) is 5.72. The second-order valence-electron chi connectivity index (χ2n) is 6.86. The lowest BCUT2D eigenvalue weighted by Crippen LogP contribution is -2.37. The van der Waals surface area contributed by atoms with Gasteiger partial charge in [-0.25, -0.2) is 0 Å². The van der Waals surface area contributed by atoms with Crippen LogP contribution in [0.4, 0.5) is 5.69 Å². The predicted octanol–water partition coefficient (Wildman–Crippen LogP) is 5.45. The molecule has 1 saturated heterocycles. The molecule has 0 spiro atoms. The monoisotopic (exact) mass is 413 g/mol. The normalized spacial score (nSPS) is 22.8. The number of hydrogen-bond acceptors (Lipinski definition) is 3. The van der Waals surface area contributed by atoms with E-state index < -0.39 is 0 Å². The largest absolute Gasteiger partial charge is 0.347 e. The number of nitrogens with zero attached hydrogens (tertiary/aromatic N) is 2. The molecule has 26 heavy (non-hydrogen) atoms. The highest BCUT2D eigenvalue weighted by Crippen LogP contribution is 2.30. The number of halogens is 2. The smallest absolute Gasteiger partial charge is 0.226 e. The number of anilines is 1. The van der Waals surface area contributed by atoms with Gasteiger partial charge >= 0.3 is 0 Å². The lowest BCUT2D eigenvalue weighted by Gasteiger charge is -2.26. The average molecular weight is 414 g/mol. The maximum Gasteiger partial charge on any atom is 0.226 e. The predicted molar refractivity (Wildman–Crippen MR) is 113 cm³/mol. The molecule has 1 aliphatic heterocycles. The number of amides is 1. The fourth-order valence-corrected chi connectivity index (χ4v) is 5.43. The van der Waals surface area contributed by atoms with E-state index in [2.05, 4.69) is 17.1 Å². The van der Waals surface area contributed by atoms with Crippen molar-refractivity contribution in [1.82, 2.24) is 4.90 Å². The van der Waals surface area contributed by atoms with Crippen molar-refractivity contribution in [3.8, 4) is 0 Å². The molecule has 0 aromatic heterocycles. The molecule has 0 bridgehead atoms. The van der Waals surface area contributed by atoms with Crippen LogP contribution in [-0.4, -0.2) is 40.4 Å². The van der Waals surface area contributed by atoms with Crippen LogP contribution in [0.25, 0.3) is 0 Å². The van der Waals surface area contributed by atoms with E-state index >= 15 is 0 Å². The Labute approximate surface area is 169 Å². The van der Waals surface area contributed by atoms with Crippen molar-refractivity contribution in [3.63, 3.8) is 0 Å². The van der Waals surface area contributed by atoms with Crippen LogP contribution in [-0.2, 0) is 4.79 Å². The van der Waals surface area contributed by atoms with Crippen LogP contribution in [0.5, 0.6) is 0 Å². The first-order chi connectivity index (χ1) is 12.5. The molecule has 142 valence electrons. The third-order valence-corrected chi connectivity index (χ3v) is 6.45. The van der Waals surface area contributed by atoms with Crippen LogP contribution in [0.3, 0.4) is 0 Å². The van der Waals surface area contributed by atoms with Crippen molar-refractivity contribution >= 4 is 51.7 Å². The van der Waals surface area contributed by atoms with Gasteiger partial charge < -0.3 is 10.2 Å². The standard InChI is InChI=1S/C19H25Cl2N3OS/c1-2-24-17(12-26-19(24)23-15-6-4-3-5-7-15)11-18(25)22-16-9-13(20)8-14(21)10-16/h8-10,15,17H,2-7,11-12H2,1H3,(H,22,25). The highest BCUT2D eigenvalue weighted by atomic mass is 35.5. The number of aliphatic imine (C=N–C) groups is 1. The van der Waals surface area contributed by atoms with Crippen LogP contribution in [0.15, 0.2) is 23.2 Å². The van der Waals surface area contributed by atoms with Gasteiger partial charge in [0.05, 0.1) is 6.04 Å².